The third-order valence-corrected chi connectivity index (χ3v) is 6.24. The molecule has 2 rings (SSSR count). The van der Waals surface area contributed by atoms with Gasteiger partial charge in [-0.15, -0.1) is 0 Å². The van der Waals surface area contributed by atoms with Crippen molar-refractivity contribution in [2.75, 3.05) is 12.9 Å². The van der Waals surface area contributed by atoms with Crippen molar-refractivity contribution >= 4 is 15.6 Å². The van der Waals surface area contributed by atoms with Gasteiger partial charge in [0.05, 0.1) is 17.9 Å². The first-order chi connectivity index (χ1) is 9.94. The molecule has 1 aliphatic rings. The lowest BCUT2D eigenvalue weighted by molar-refractivity contribution is 0.101. The van der Waals surface area contributed by atoms with Crippen LogP contribution in [-0.2, 0) is 9.84 Å². The maximum atomic E-state index is 12.5. The van der Waals surface area contributed by atoms with Crippen molar-refractivity contribution in [3.8, 4) is 5.75 Å². The summed E-state index contributed by atoms with van der Waals surface area (Å²) in [4.78, 5) is 12.3. The van der Waals surface area contributed by atoms with Crippen LogP contribution >= 0.6 is 0 Å². The first-order valence-electron chi connectivity index (χ1n) is 7.32. The Morgan fingerprint density at radius 1 is 1.29 bits per heavy atom. The molecule has 1 saturated carbocycles. The number of sulfone groups is 1. The van der Waals surface area contributed by atoms with Gasteiger partial charge in [0, 0.05) is 0 Å². The van der Waals surface area contributed by atoms with Crippen LogP contribution in [-0.4, -0.2) is 32.3 Å². The van der Waals surface area contributed by atoms with Gasteiger partial charge in [-0.05, 0) is 30.9 Å². The highest BCUT2D eigenvalue weighted by Crippen LogP contribution is 2.29. The second-order valence-corrected chi connectivity index (χ2v) is 8.11. The molecule has 5 heteroatoms. The molecular weight excluding hydrogens is 288 g/mol. The van der Waals surface area contributed by atoms with Crippen molar-refractivity contribution < 1.29 is 17.9 Å². The Morgan fingerprint density at radius 2 is 2.00 bits per heavy atom. The van der Waals surface area contributed by atoms with Crippen LogP contribution in [0.1, 0.15) is 43.0 Å². The van der Waals surface area contributed by atoms with E-state index in [1.54, 1.807) is 24.3 Å². The second kappa shape index (κ2) is 6.60. The van der Waals surface area contributed by atoms with Gasteiger partial charge in [-0.25, -0.2) is 8.42 Å². The van der Waals surface area contributed by atoms with Gasteiger partial charge in [0.1, 0.15) is 11.5 Å². The van der Waals surface area contributed by atoms with Crippen LogP contribution < -0.4 is 4.74 Å². The van der Waals surface area contributed by atoms with E-state index < -0.39 is 15.6 Å². The quantitative estimate of drug-likeness (QED) is 0.785. The van der Waals surface area contributed by atoms with Gasteiger partial charge in [0.2, 0.25) is 0 Å². The largest absolute Gasteiger partial charge is 0.496 e. The average Bonchev–Trinajstić information content (AvgIpc) is 2.46. The number of carbonyl (C=O) groups is 1. The molecular formula is C16H22O4S. The predicted molar refractivity (Wildman–Crippen MR) is 82.5 cm³/mol. The number of ether oxygens (including phenoxy) is 1. The van der Waals surface area contributed by atoms with Crippen LogP contribution in [0.2, 0.25) is 0 Å². The SMILES string of the molecule is COc1ccccc1C(=O)CS(=O)(=O)C1CCCC(C)C1. The summed E-state index contributed by atoms with van der Waals surface area (Å²) in [7, 11) is -1.92. The maximum absolute atomic E-state index is 12.5. The fourth-order valence-electron chi connectivity index (χ4n) is 2.96. The van der Waals surface area contributed by atoms with Gasteiger partial charge in [-0.2, -0.15) is 0 Å². The molecule has 0 saturated heterocycles. The Balaban J connectivity index is 2.14. The standard InChI is InChI=1S/C16H22O4S/c1-12-6-5-7-13(10-12)21(18,19)11-15(17)14-8-3-4-9-16(14)20-2/h3-4,8-9,12-13H,5-7,10-11H2,1-2H3. The molecule has 0 radical (unpaired) electrons. The van der Waals surface area contributed by atoms with Gasteiger partial charge < -0.3 is 4.74 Å². The summed E-state index contributed by atoms with van der Waals surface area (Å²) in [6, 6.07) is 6.75. The van der Waals surface area contributed by atoms with Crippen LogP contribution in [0.5, 0.6) is 5.75 Å². The van der Waals surface area contributed by atoms with E-state index >= 15 is 0 Å². The van der Waals surface area contributed by atoms with Crippen molar-refractivity contribution in [2.24, 2.45) is 5.92 Å². The number of Topliss-reactive ketones (excluding diaryl/α,β-unsaturated/α-hetero) is 1. The molecule has 0 heterocycles. The molecule has 1 aromatic carbocycles. The minimum Gasteiger partial charge on any atom is -0.496 e. The lowest BCUT2D eigenvalue weighted by atomic mass is 9.91. The lowest BCUT2D eigenvalue weighted by Crippen LogP contribution is -2.32. The van der Waals surface area contributed by atoms with Crippen molar-refractivity contribution in [1.29, 1.82) is 0 Å². The monoisotopic (exact) mass is 310 g/mol. The number of ketones is 1. The minimum absolute atomic E-state index is 0.340. The zero-order valence-corrected chi connectivity index (χ0v) is 13.4. The fourth-order valence-corrected chi connectivity index (χ4v) is 4.86. The Hall–Kier alpha value is -1.36. The summed E-state index contributed by atoms with van der Waals surface area (Å²) >= 11 is 0. The first kappa shape index (κ1) is 16.0. The zero-order valence-electron chi connectivity index (χ0n) is 12.5. The molecule has 1 aromatic rings. The molecule has 0 spiro atoms. The van der Waals surface area contributed by atoms with Gasteiger partial charge in [-0.1, -0.05) is 31.9 Å². The molecule has 0 aromatic heterocycles. The lowest BCUT2D eigenvalue weighted by Gasteiger charge is -2.26. The number of hydrogen-bond acceptors (Lipinski definition) is 4. The van der Waals surface area contributed by atoms with Crippen LogP contribution in [0.15, 0.2) is 24.3 Å². The van der Waals surface area contributed by atoms with Crippen molar-refractivity contribution in [3.05, 3.63) is 29.8 Å². The smallest absolute Gasteiger partial charge is 0.181 e. The molecule has 1 fully saturated rings. The highest BCUT2D eigenvalue weighted by Gasteiger charge is 2.32. The van der Waals surface area contributed by atoms with E-state index in [1.807, 2.05) is 0 Å². The maximum Gasteiger partial charge on any atom is 0.181 e. The topological polar surface area (TPSA) is 60.4 Å². The predicted octanol–water partition coefficient (Wildman–Crippen LogP) is 2.87. The number of carbonyl (C=O) groups excluding carboxylic acids is 1. The summed E-state index contributed by atoms with van der Waals surface area (Å²) in [5.74, 6) is 0.0328. The summed E-state index contributed by atoms with van der Waals surface area (Å²) in [6.45, 7) is 2.07. The number of rotatable bonds is 5. The fraction of sp³-hybridized carbons (Fsp3) is 0.562. The number of methoxy groups -OCH3 is 1. The van der Waals surface area contributed by atoms with Crippen molar-refractivity contribution in [2.45, 2.75) is 37.9 Å². The van der Waals surface area contributed by atoms with E-state index in [1.165, 1.54) is 7.11 Å². The third kappa shape index (κ3) is 3.84. The third-order valence-electron chi connectivity index (χ3n) is 4.14. The molecule has 0 N–H and O–H groups in total. The van der Waals surface area contributed by atoms with E-state index in [0.717, 1.165) is 12.8 Å². The highest BCUT2D eigenvalue weighted by molar-refractivity contribution is 7.92. The molecule has 1 aliphatic carbocycles. The van der Waals surface area contributed by atoms with Gasteiger partial charge in [0.25, 0.3) is 0 Å². The van der Waals surface area contributed by atoms with E-state index in [0.29, 0.717) is 30.1 Å². The summed E-state index contributed by atoms with van der Waals surface area (Å²) < 4.78 is 30.0. The minimum atomic E-state index is -3.39. The molecule has 0 aliphatic heterocycles. The normalized spacial score (nSPS) is 22.8. The zero-order chi connectivity index (χ0) is 15.5. The van der Waals surface area contributed by atoms with Crippen molar-refractivity contribution in [3.63, 3.8) is 0 Å². The van der Waals surface area contributed by atoms with Crippen molar-refractivity contribution in [1.82, 2.24) is 0 Å². The van der Waals surface area contributed by atoms with Gasteiger partial charge in [0.15, 0.2) is 15.6 Å². The molecule has 116 valence electrons. The van der Waals surface area contributed by atoms with Crippen LogP contribution in [0.3, 0.4) is 0 Å². The van der Waals surface area contributed by atoms with Gasteiger partial charge >= 0.3 is 0 Å². The summed E-state index contributed by atoms with van der Waals surface area (Å²) in [5.41, 5.74) is 0.340. The molecule has 2 atom stereocenters. The van der Waals surface area contributed by atoms with Gasteiger partial charge in [-0.3, -0.25) is 4.79 Å². The Kier molecular flexibility index (Phi) is 5.04. The Bertz CT molecular complexity index is 606. The van der Waals surface area contributed by atoms with Crippen LogP contribution in [0.4, 0.5) is 0 Å². The molecule has 2 unspecified atom stereocenters. The number of benzene rings is 1. The van der Waals surface area contributed by atoms with E-state index in [-0.39, 0.29) is 11.0 Å². The Morgan fingerprint density at radius 3 is 2.67 bits per heavy atom. The highest BCUT2D eigenvalue weighted by atomic mass is 32.2. The van der Waals surface area contributed by atoms with Crippen LogP contribution in [0, 0.1) is 5.92 Å². The van der Waals surface area contributed by atoms with E-state index in [4.69, 9.17) is 4.74 Å². The number of para-hydroxylation sites is 1. The first-order valence-corrected chi connectivity index (χ1v) is 9.03. The Labute approximate surface area is 126 Å². The molecule has 21 heavy (non-hydrogen) atoms. The number of hydrogen-bond donors (Lipinski definition) is 0. The molecule has 0 bridgehead atoms. The van der Waals surface area contributed by atoms with E-state index in [9.17, 15) is 13.2 Å². The molecule has 0 amide bonds. The molecule has 4 nitrogen and oxygen atoms in total. The second-order valence-electron chi connectivity index (χ2n) is 5.82. The summed E-state index contributed by atoms with van der Waals surface area (Å²) in [5, 5.41) is -0.375. The average molecular weight is 310 g/mol. The van der Waals surface area contributed by atoms with E-state index in [2.05, 4.69) is 6.92 Å². The summed E-state index contributed by atoms with van der Waals surface area (Å²) in [6.07, 6.45) is 3.34. The van der Waals surface area contributed by atoms with Crippen LogP contribution in [0.25, 0.3) is 0 Å².